The van der Waals surface area contributed by atoms with Gasteiger partial charge >= 0.3 is 0 Å². The standard InChI is InChI=1S/C14H27N3O.ClH/c1-3-13-14(18)16(4-2)8-9-17(13)11-12-6-5-7-15-10-12;/h12-13,15H,3-11H2,1-2H3;1H. The molecule has 2 heterocycles. The van der Waals surface area contributed by atoms with Crippen LogP contribution in [0, 0.1) is 5.92 Å². The van der Waals surface area contributed by atoms with Crippen LogP contribution in [-0.4, -0.2) is 61.0 Å². The first kappa shape index (κ1) is 16.7. The maximum atomic E-state index is 12.3. The fraction of sp³-hybridized carbons (Fsp3) is 0.929. The number of hydrogen-bond acceptors (Lipinski definition) is 3. The summed E-state index contributed by atoms with van der Waals surface area (Å²) in [4.78, 5) is 16.7. The molecule has 1 N–H and O–H groups in total. The Hall–Kier alpha value is -0.320. The second-order valence-electron chi connectivity index (χ2n) is 5.55. The third-order valence-corrected chi connectivity index (χ3v) is 4.35. The largest absolute Gasteiger partial charge is 0.340 e. The van der Waals surface area contributed by atoms with Crippen LogP contribution in [0.2, 0.25) is 0 Å². The molecular weight excluding hydrogens is 262 g/mol. The van der Waals surface area contributed by atoms with Crippen LogP contribution in [-0.2, 0) is 4.79 Å². The number of carbonyl (C=O) groups excluding carboxylic acids is 1. The number of nitrogens with zero attached hydrogens (tertiary/aromatic N) is 2. The van der Waals surface area contributed by atoms with Gasteiger partial charge in [0.1, 0.15) is 0 Å². The highest BCUT2D eigenvalue weighted by atomic mass is 35.5. The van der Waals surface area contributed by atoms with Crippen molar-refractivity contribution in [3.05, 3.63) is 0 Å². The van der Waals surface area contributed by atoms with E-state index in [0.29, 0.717) is 5.91 Å². The first-order chi connectivity index (χ1) is 8.76. The van der Waals surface area contributed by atoms with Crippen LogP contribution in [0.1, 0.15) is 33.1 Å². The highest BCUT2D eigenvalue weighted by molar-refractivity contribution is 5.85. The zero-order valence-corrected chi connectivity index (χ0v) is 13.0. The van der Waals surface area contributed by atoms with Gasteiger partial charge in [0.15, 0.2) is 0 Å². The van der Waals surface area contributed by atoms with E-state index in [2.05, 4.69) is 24.1 Å². The zero-order chi connectivity index (χ0) is 13.0. The molecule has 0 spiro atoms. The molecule has 0 radical (unpaired) electrons. The van der Waals surface area contributed by atoms with E-state index in [1.54, 1.807) is 0 Å². The molecule has 19 heavy (non-hydrogen) atoms. The minimum atomic E-state index is 0. The monoisotopic (exact) mass is 289 g/mol. The number of rotatable bonds is 4. The molecule has 2 aliphatic rings. The van der Waals surface area contributed by atoms with Gasteiger partial charge in [-0.2, -0.15) is 0 Å². The number of piperidine rings is 1. The van der Waals surface area contributed by atoms with Crippen molar-refractivity contribution in [1.82, 2.24) is 15.1 Å². The molecule has 112 valence electrons. The van der Waals surface area contributed by atoms with E-state index in [4.69, 9.17) is 0 Å². The summed E-state index contributed by atoms with van der Waals surface area (Å²) < 4.78 is 0. The molecule has 4 nitrogen and oxygen atoms in total. The molecule has 0 saturated carbocycles. The Morgan fingerprint density at radius 3 is 2.68 bits per heavy atom. The van der Waals surface area contributed by atoms with Crippen LogP contribution in [0.15, 0.2) is 0 Å². The highest BCUT2D eigenvalue weighted by Gasteiger charge is 2.33. The molecule has 2 atom stereocenters. The molecule has 2 saturated heterocycles. The van der Waals surface area contributed by atoms with Crippen LogP contribution in [0.5, 0.6) is 0 Å². The van der Waals surface area contributed by atoms with E-state index < -0.39 is 0 Å². The van der Waals surface area contributed by atoms with E-state index in [9.17, 15) is 4.79 Å². The van der Waals surface area contributed by atoms with E-state index in [-0.39, 0.29) is 18.4 Å². The van der Waals surface area contributed by atoms with Gasteiger partial charge in [-0.3, -0.25) is 9.69 Å². The Labute approximate surface area is 123 Å². The van der Waals surface area contributed by atoms with Gasteiger partial charge in [0.25, 0.3) is 0 Å². The Balaban J connectivity index is 0.00000180. The van der Waals surface area contributed by atoms with Gasteiger partial charge in [0, 0.05) is 26.2 Å². The number of piperazine rings is 1. The van der Waals surface area contributed by atoms with Crippen molar-refractivity contribution in [2.24, 2.45) is 5.92 Å². The predicted octanol–water partition coefficient (Wildman–Crippen LogP) is 1.35. The summed E-state index contributed by atoms with van der Waals surface area (Å²) in [5, 5.41) is 3.47. The van der Waals surface area contributed by atoms with Gasteiger partial charge in [-0.1, -0.05) is 6.92 Å². The molecule has 1 amide bonds. The average molecular weight is 290 g/mol. The molecule has 2 fully saturated rings. The molecule has 5 heteroatoms. The minimum absolute atomic E-state index is 0. The fourth-order valence-corrected chi connectivity index (χ4v) is 3.26. The van der Waals surface area contributed by atoms with Gasteiger partial charge in [-0.25, -0.2) is 0 Å². The van der Waals surface area contributed by atoms with Crippen LogP contribution in [0.25, 0.3) is 0 Å². The molecule has 0 aromatic heterocycles. The summed E-state index contributed by atoms with van der Waals surface area (Å²) in [6.07, 6.45) is 3.53. The molecule has 0 bridgehead atoms. The van der Waals surface area contributed by atoms with Crippen molar-refractivity contribution < 1.29 is 4.79 Å². The second kappa shape index (κ2) is 8.08. The lowest BCUT2D eigenvalue weighted by atomic mass is 9.97. The number of amides is 1. The minimum Gasteiger partial charge on any atom is -0.340 e. The summed E-state index contributed by atoms with van der Waals surface area (Å²) in [6.45, 7) is 10.4. The van der Waals surface area contributed by atoms with Crippen LogP contribution < -0.4 is 5.32 Å². The van der Waals surface area contributed by atoms with Crippen molar-refractivity contribution in [1.29, 1.82) is 0 Å². The first-order valence-electron chi connectivity index (χ1n) is 7.49. The number of hydrogen-bond donors (Lipinski definition) is 1. The third-order valence-electron chi connectivity index (χ3n) is 4.35. The van der Waals surface area contributed by atoms with Gasteiger partial charge in [-0.05, 0) is 45.2 Å². The van der Waals surface area contributed by atoms with E-state index in [1.807, 2.05) is 4.90 Å². The van der Waals surface area contributed by atoms with Crippen molar-refractivity contribution >= 4 is 18.3 Å². The zero-order valence-electron chi connectivity index (χ0n) is 12.2. The summed E-state index contributed by atoms with van der Waals surface area (Å²) in [5.74, 6) is 1.07. The smallest absolute Gasteiger partial charge is 0.239 e. The van der Waals surface area contributed by atoms with Crippen LogP contribution in [0.4, 0.5) is 0 Å². The summed E-state index contributed by atoms with van der Waals surface area (Å²) in [5.41, 5.74) is 0. The molecule has 0 aromatic carbocycles. The number of likely N-dealkylation sites (N-methyl/N-ethyl adjacent to an activating group) is 1. The normalized spacial score (nSPS) is 29.2. The van der Waals surface area contributed by atoms with E-state index in [0.717, 1.165) is 51.6 Å². The van der Waals surface area contributed by atoms with Crippen LogP contribution >= 0.6 is 12.4 Å². The highest BCUT2D eigenvalue weighted by Crippen LogP contribution is 2.19. The first-order valence-corrected chi connectivity index (χ1v) is 7.49. The van der Waals surface area contributed by atoms with Gasteiger partial charge < -0.3 is 10.2 Å². The lowest BCUT2D eigenvalue weighted by Gasteiger charge is -2.42. The molecule has 0 aromatic rings. The number of nitrogens with one attached hydrogen (secondary N) is 1. The summed E-state index contributed by atoms with van der Waals surface area (Å²) in [7, 11) is 0. The lowest BCUT2D eigenvalue weighted by molar-refractivity contribution is -0.142. The number of halogens is 1. The summed E-state index contributed by atoms with van der Waals surface area (Å²) in [6, 6.07) is 0.126. The Kier molecular flexibility index (Phi) is 7.11. The Morgan fingerprint density at radius 2 is 2.11 bits per heavy atom. The van der Waals surface area contributed by atoms with Gasteiger partial charge in [0.05, 0.1) is 6.04 Å². The molecule has 2 rings (SSSR count). The van der Waals surface area contributed by atoms with E-state index in [1.165, 1.54) is 12.8 Å². The topological polar surface area (TPSA) is 35.6 Å². The quantitative estimate of drug-likeness (QED) is 0.849. The average Bonchev–Trinajstić information content (AvgIpc) is 2.40. The molecule has 2 unspecified atom stereocenters. The summed E-state index contributed by atoms with van der Waals surface area (Å²) >= 11 is 0. The van der Waals surface area contributed by atoms with Crippen molar-refractivity contribution in [2.75, 3.05) is 39.3 Å². The van der Waals surface area contributed by atoms with Gasteiger partial charge in [-0.15, -0.1) is 12.4 Å². The Bertz CT molecular complexity index is 282. The van der Waals surface area contributed by atoms with Gasteiger partial charge in [0.2, 0.25) is 5.91 Å². The Morgan fingerprint density at radius 1 is 1.32 bits per heavy atom. The molecular formula is C14H28ClN3O. The van der Waals surface area contributed by atoms with Crippen molar-refractivity contribution in [3.8, 4) is 0 Å². The van der Waals surface area contributed by atoms with Crippen molar-refractivity contribution in [2.45, 2.75) is 39.2 Å². The second-order valence-corrected chi connectivity index (χ2v) is 5.55. The third kappa shape index (κ3) is 4.07. The predicted molar refractivity (Wildman–Crippen MR) is 80.7 cm³/mol. The fourth-order valence-electron chi connectivity index (χ4n) is 3.26. The van der Waals surface area contributed by atoms with Crippen molar-refractivity contribution in [3.63, 3.8) is 0 Å². The number of carbonyl (C=O) groups is 1. The van der Waals surface area contributed by atoms with E-state index >= 15 is 0 Å². The maximum absolute atomic E-state index is 12.3. The maximum Gasteiger partial charge on any atom is 0.239 e. The SMILES string of the molecule is CCC1C(=O)N(CC)CCN1CC1CCCNC1.Cl. The molecule has 2 aliphatic heterocycles. The molecule has 0 aliphatic carbocycles. The lowest BCUT2D eigenvalue weighted by Crippen LogP contribution is -2.58. The van der Waals surface area contributed by atoms with Crippen LogP contribution in [0.3, 0.4) is 0 Å².